The lowest BCUT2D eigenvalue weighted by atomic mass is 10.2. The number of anilines is 1. The molecule has 1 aliphatic rings. The van der Waals surface area contributed by atoms with Gasteiger partial charge in [-0.2, -0.15) is 0 Å². The Balaban J connectivity index is 1.70. The van der Waals surface area contributed by atoms with Crippen molar-refractivity contribution in [3.05, 3.63) is 34.6 Å². The standard InChI is InChI=1S/C13H16N4O3S/c18-12-10-4-1-2-5-11(10)15-13(16-12)14-6-8-17-7-3-9-21(17,19)20/h1-2,4-5H,3,6-9H2,(H2,14,15,16,18). The number of nitrogens with one attached hydrogen (secondary N) is 2. The lowest BCUT2D eigenvalue weighted by molar-refractivity contribution is 0.456. The van der Waals surface area contributed by atoms with Crippen molar-refractivity contribution in [3.8, 4) is 0 Å². The average molecular weight is 308 g/mol. The van der Waals surface area contributed by atoms with Crippen molar-refractivity contribution in [2.24, 2.45) is 0 Å². The van der Waals surface area contributed by atoms with Gasteiger partial charge in [0.1, 0.15) is 0 Å². The highest BCUT2D eigenvalue weighted by molar-refractivity contribution is 7.89. The first-order valence-electron chi connectivity index (χ1n) is 6.77. The molecule has 7 nitrogen and oxygen atoms in total. The Morgan fingerprint density at radius 2 is 2.14 bits per heavy atom. The van der Waals surface area contributed by atoms with Gasteiger partial charge in [0.25, 0.3) is 5.56 Å². The first-order valence-corrected chi connectivity index (χ1v) is 8.38. The Labute approximate surface area is 122 Å². The summed E-state index contributed by atoms with van der Waals surface area (Å²) in [7, 11) is -3.08. The summed E-state index contributed by atoms with van der Waals surface area (Å²) in [5, 5.41) is 3.50. The fourth-order valence-corrected chi connectivity index (χ4v) is 3.94. The van der Waals surface area contributed by atoms with Gasteiger partial charge in [0, 0.05) is 19.6 Å². The molecule has 0 aliphatic carbocycles. The fraction of sp³-hybridized carbons (Fsp3) is 0.385. The van der Waals surface area contributed by atoms with Gasteiger partial charge in [0.15, 0.2) is 0 Å². The second-order valence-corrected chi connectivity index (χ2v) is 7.02. The Hall–Kier alpha value is -1.93. The van der Waals surface area contributed by atoms with Crippen molar-refractivity contribution in [2.75, 3.05) is 30.7 Å². The largest absolute Gasteiger partial charge is 0.354 e. The predicted molar refractivity (Wildman–Crippen MR) is 80.8 cm³/mol. The number of H-pyrrole nitrogens is 1. The van der Waals surface area contributed by atoms with Crippen LogP contribution in [0, 0.1) is 0 Å². The van der Waals surface area contributed by atoms with Crippen LogP contribution in [-0.4, -0.2) is 48.1 Å². The summed E-state index contributed by atoms with van der Waals surface area (Å²) in [6, 6.07) is 7.07. The molecule has 1 fully saturated rings. The Kier molecular flexibility index (Phi) is 3.64. The highest BCUT2D eigenvalue weighted by atomic mass is 32.2. The second kappa shape index (κ2) is 5.45. The minimum absolute atomic E-state index is 0.211. The minimum atomic E-state index is -3.08. The number of aromatic amines is 1. The molecular weight excluding hydrogens is 292 g/mol. The number of aromatic nitrogens is 2. The number of hydrogen-bond acceptors (Lipinski definition) is 5. The number of para-hydroxylation sites is 1. The molecule has 0 radical (unpaired) electrons. The van der Waals surface area contributed by atoms with Crippen LogP contribution >= 0.6 is 0 Å². The molecule has 0 saturated carbocycles. The summed E-state index contributed by atoms with van der Waals surface area (Å²) in [6.45, 7) is 1.34. The normalized spacial score (nSPS) is 18.1. The highest BCUT2D eigenvalue weighted by Gasteiger charge is 2.27. The summed E-state index contributed by atoms with van der Waals surface area (Å²) in [5.74, 6) is 0.577. The molecule has 3 rings (SSSR count). The van der Waals surface area contributed by atoms with Gasteiger partial charge in [0.05, 0.1) is 16.7 Å². The molecule has 112 valence electrons. The van der Waals surface area contributed by atoms with Crippen LogP contribution in [0.3, 0.4) is 0 Å². The van der Waals surface area contributed by atoms with Crippen molar-refractivity contribution >= 4 is 26.9 Å². The number of rotatable bonds is 4. The van der Waals surface area contributed by atoms with Gasteiger partial charge < -0.3 is 5.32 Å². The zero-order valence-electron chi connectivity index (χ0n) is 11.4. The van der Waals surface area contributed by atoms with Gasteiger partial charge in [-0.15, -0.1) is 0 Å². The summed E-state index contributed by atoms with van der Waals surface area (Å²) in [6.07, 6.45) is 0.674. The average Bonchev–Trinajstić information content (AvgIpc) is 2.78. The van der Waals surface area contributed by atoms with E-state index in [2.05, 4.69) is 15.3 Å². The van der Waals surface area contributed by atoms with Crippen LogP contribution in [-0.2, 0) is 10.0 Å². The molecule has 2 heterocycles. The number of benzene rings is 1. The van der Waals surface area contributed by atoms with E-state index in [9.17, 15) is 13.2 Å². The Bertz CT molecular complexity index is 816. The molecule has 21 heavy (non-hydrogen) atoms. The van der Waals surface area contributed by atoms with Crippen LogP contribution in [0.15, 0.2) is 29.1 Å². The third kappa shape index (κ3) is 2.91. The van der Waals surface area contributed by atoms with E-state index >= 15 is 0 Å². The molecule has 1 saturated heterocycles. The van der Waals surface area contributed by atoms with Crippen molar-refractivity contribution < 1.29 is 8.42 Å². The number of sulfonamides is 1. The van der Waals surface area contributed by atoms with Crippen molar-refractivity contribution in [1.29, 1.82) is 0 Å². The zero-order chi connectivity index (χ0) is 14.9. The molecule has 0 unspecified atom stereocenters. The smallest absolute Gasteiger partial charge is 0.260 e. The minimum Gasteiger partial charge on any atom is -0.354 e. The van der Waals surface area contributed by atoms with Gasteiger partial charge >= 0.3 is 0 Å². The van der Waals surface area contributed by atoms with Crippen molar-refractivity contribution in [1.82, 2.24) is 14.3 Å². The van der Waals surface area contributed by atoms with Crippen molar-refractivity contribution in [2.45, 2.75) is 6.42 Å². The van der Waals surface area contributed by atoms with Crippen LogP contribution < -0.4 is 10.9 Å². The molecule has 0 amide bonds. The van der Waals surface area contributed by atoms with Crippen LogP contribution in [0.5, 0.6) is 0 Å². The molecule has 2 N–H and O–H groups in total. The fourth-order valence-electron chi connectivity index (χ4n) is 2.41. The quantitative estimate of drug-likeness (QED) is 0.851. The van der Waals surface area contributed by atoms with E-state index in [-0.39, 0.29) is 11.3 Å². The van der Waals surface area contributed by atoms with Gasteiger partial charge in [0.2, 0.25) is 16.0 Å². The molecular formula is C13H16N4O3S. The predicted octanol–water partition coefficient (Wildman–Crippen LogP) is 0.371. The molecule has 2 aromatic rings. The molecule has 8 heteroatoms. The van der Waals surface area contributed by atoms with E-state index < -0.39 is 10.0 Å². The SMILES string of the molecule is O=c1[nH]c(NCCN2CCCS2(=O)=O)nc2ccccc12. The maximum atomic E-state index is 11.9. The molecule has 1 aromatic carbocycles. The van der Waals surface area contributed by atoms with Gasteiger partial charge in [-0.05, 0) is 18.6 Å². The zero-order valence-corrected chi connectivity index (χ0v) is 12.2. The van der Waals surface area contributed by atoms with Crippen LogP contribution in [0.4, 0.5) is 5.95 Å². The maximum absolute atomic E-state index is 11.9. The molecule has 0 spiro atoms. The maximum Gasteiger partial charge on any atom is 0.260 e. The summed E-state index contributed by atoms with van der Waals surface area (Å²) in [4.78, 5) is 18.8. The number of hydrogen-bond donors (Lipinski definition) is 2. The van der Waals surface area contributed by atoms with E-state index in [1.807, 2.05) is 6.07 Å². The van der Waals surface area contributed by atoms with E-state index in [0.29, 0.717) is 42.9 Å². The van der Waals surface area contributed by atoms with E-state index in [1.165, 1.54) is 4.31 Å². The van der Waals surface area contributed by atoms with Gasteiger partial charge in [-0.25, -0.2) is 17.7 Å². The van der Waals surface area contributed by atoms with Gasteiger partial charge in [-0.1, -0.05) is 12.1 Å². The third-order valence-corrected chi connectivity index (χ3v) is 5.43. The first kappa shape index (κ1) is 14.0. The molecule has 1 aromatic heterocycles. The molecule has 1 aliphatic heterocycles. The summed E-state index contributed by atoms with van der Waals surface area (Å²) < 4.78 is 24.8. The lowest BCUT2D eigenvalue weighted by Crippen LogP contribution is -2.31. The van der Waals surface area contributed by atoms with Crippen LogP contribution in [0.2, 0.25) is 0 Å². The van der Waals surface area contributed by atoms with E-state index in [0.717, 1.165) is 0 Å². The van der Waals surface area contributed by atoms with E-state index in [1.54, 1.807) is 18.2 Å². The van der Waals surface area contributed by atoms with Crippen LogP contribution in [0.1, 0.15) is 6.42 Å². The van der Waals surface area contributed by atoms with E-state index in [4.69, 9.17) is 0 Å². The summed E-state index contributed by atoms with van der Waals surface area (Å²) in [5.41, 5.74) is 0.398. The Morgan fingerprint density at radius 1 is 1.33 bits per heavy atom. The summed E-state index contributed by atoms with van der Waals surface area (Å²) >= 11 is 0. The number of nitrogens with zero attached hydrogens (tertiary/aromatic N) is 2. The molecule has 0 atom stereocenters. The van der Waals surface area contributed by atoms with Gasteiger partial charge in [-0.3, -0.25) is 9.78 Å². The first-order chi connectivity index (χ1) is 10.1. The monoisotopic (exact) mass is 308 g/mol. The molecule has 0 bridgehead atoms. The second-order valence-electron chi connectivity index (χ2n) is 4.93. The van der Waals surface area contributed by atoms with Crippen LogP contribution in [0.25, 0.3) is 10.9 Å². The Morgan fingerprint density at radius 3 is 2.90 bits per heavy atom. The van der Waals surface area contributed by atoms with Crippen molar-refractivity contribution in [3.63, 3.8) is 0 Å². The highest BCUT2D eigenvalue weighted by Crippen LogP contribution is 2.12. The lowest BCUT2D eigenvalue weighted by Gasteiger charge is -2.14. The number of fused-ring (bicyclic) bond motifs is 1. The topological polar surface area (TPSA) is 95.2 Å². The third-order valence-electron chi connectivity index (χ3n) is 3.47.